The summed E-state index contributed by atoms with van der Waals surface area (Å²) in [6.45, 7) is 7.49. The van der Waals surface area contributed by atoms with Crippen LogP contribution in [0.25, 0.3) is 0 Å². The Labute approximate surface area is 235 Å². The molecule has 1 aromatic rings. The summed E-state index contributed by atoms with van der Waals surface area (Å²) in [7, 11) is 0. The molecule has 40 heavy (non-hydrogen) atoms. The monoisotopic (exact) mass is 558 g/mol. The third-order valence-electron chi connectivity index (χ3n) is 7.84. The van der Waals surface area contributed by atoms with E-state index in [2.05, 4.69) is 10.6 Å². The maximum atomic E-state index is 13.7. The Bertz CT molecular complexity index is 1120. The van der Waals surface area contributed by atoms with Gasteiger partial charge in [-0.2, -0.15) is 0 Å². The minimum Gasteiger partial charge on any atom is -0.465 e. The van der Waals surface area contributed by atoms with E-state index in [0.717, 1.165) is 24.0 Å². The van der Waals surface area contributed by atoms with Crippen molar-refractivity contribution in [2.75, 3.05) is 6.54 Å². The van der Waals surface area contributed by atoms with E-state index in [-0.39, 0.29) is 31.5 Å². The number of carbonyl (C=O) groups is 4. The topological polar surface area (TPSA) is 149 Å². The van der Waals surface area contributed by atoms with Gasteiger partial charge in [0, 0.05) is 31.1 Å². The van der Waals surface area contributed by atoms with Gasteiger partial charge in [0.1, 0.15) is 11.6 Å². The second kappa shape index (κ2) is 12.0. The van der Waals surface area contributed by atoms with Crippen LogP contribution < -0.4 is 10.6 Å². The van der Waals surface area contributed by atoms with E-state index in [1.165, 1.54) is 9.80 Å². The SMILES string of the molecule is CCCC(NC(=O)[C@@H]1CC([C@H]2Cc3ccccc3CN2C(=O)O)CN1C(=O)OC(C)(C)C)C(O)C(=O)NC1CC1. The van der Waals surface area contributed by atoms with Crippen molar-refractivity contribution in [2.24, 2.45) is 5.92 Å². The van der Waals surface area contributed by atoms with Crippen LogP contribution >= 0.6 is 0 Å². The van der Waals surface area contributed by atoms with E-state index in [4.69, 9.17) is 4.74 Å². The summed E-state index contributed by atoms with van der Waals surface area (Å²) in [5.41, 5.74) is 1.20. The lowest BCUT2D eigenvalue weighted by atomic mass is 9.85. The largest absolute Gasteiger partial charge is 0.465 e. The van der Waals surface area contributed by atoms with Gasteiger partial charge in [-0.05, 0) is 64.0 Å². The van der Waals surface area contributed by atoms with Gasteiger partial charge in [0.05, 0.1) is 6.04 Å². The summed E-state index contributed by atoms with van der Waals surface area (Å²) in [6, 6.07) is 5.56. The number of amides is 4. The maximum absolute atomic E-state index is 13.7. The molecule has 3 unspecified atom stereocenters. The molecule has 2 heterocycles. The molecule has 0 radical (unpaired) electrons. The van der Waals surface area contributed by atoms with Gasteiger partial charge in [0.2, 0.25) is 5.91 Å². The van der Waals surface area contributed by atoms with E-state index >= 15 is 0 Å². The van der Waals surface area contributed by atoms with Crippen LogP contribution in [0.4, 0.5) is 9.59 Å². The lowest BCUT2D eigenvalue weighted by Gasteiger charge is -2.38. The standard InChI is InChI=1S/C29H42N4O7/c1-5-8-21(24(34)26(36)30-20-11-12-20)31-25(35)23-14-19(16-33(23)28(39)40-29(2,3)4)22-13-17-9-6-7-10-18(17)15-32(22)27(37)38/h6-7,9-10,19-24,34H,5,8,11-16H2,1-4H3,(H,30,36)(H,31,35)(H,37,38)/t19?,21?,22-,23+,24?/m1/s1. The maximum Gasteiger partial charge on any atom is 0.410 e. The van der Waals surface area contributed by atoms with Crippen LogP contribution in [0.1, 0.15) is 70.9 Å². The van der Waals surface area contributed by atoms with Gasteiger partial charge in [0.25, 0.3) is 5.91 Å². The first kappa shape index (κ1) is 29.6. The molecular formula is C29H42N4O7. The summed E-state index contributed by atoms with van der Waals surface area (Å²) in [4.78, 5) is 54.5. The number of nitrogens with zero attached hydrogens (tertiary/aromatic N) is 2. The average Bonchev–Trinajstić information content (AvgIpc) is 3.59. The van der Waals surface area contributed by atoms with Crippen molar-refractivity contribution in [1.82, 2.24) is 20.4 Å². The van der Waals surface area contributed by atoms with Crippen LogP contribution in [0, 0.1) is 5.92 Å². The summed E-state index contributed by atoms with van der Waals surface area (Å²) >= 11 is 0. The minimum absolute atomic E-state index is 0.0659. The van der Waals surface area contributed by atoms with Crippen molar-refractivity contribution in [3.05, 3.63) is 35.4 Å². The summed E-state index contributed by atoms with van der Waals surface area (Å²) < 4.78 is 5.62. The Morgan fingerprint density at radius 2 is 1.77 bits per heavy atom. The number of carbonyl (C=O) groups excluding carboxylic acids is 3. The van der Waals surface area contributed by atoms with Gasteiger partial charge in [-0.3, -0.25) is 14.5 Å². The van der Waals surface area contributed by atoms with Crippen molar-refractivity contribution < 1.29 is 34.1 Å². The molecule has 0 spiro atoms. The number of aliphatic hydroxyl groups is 1. The van der Waals surface area contributed by atoms with Gasteiger partial charge in [-0.15, -0.1) is 0 Å². The van der Waals surface area contributed by atoms with Crippen molar-refractivity contribution in [3.8, 4) is 0 Å². The number of hydrogen-bond acceptors (Lipinski definition) is 6. The number of likely N-dealkylation sites (tertiary alicyclic amines) is 1. The molecular weight excluding hydrogens is 516 g/mol. The highest BCUT2D eigenvalue weighted by Crippen LogP contribution is 2.35. The first-order valence-corrected chi connectivity index (χ1v) is 14.2. The molecule has 1 aromatic carbocycles. The third kappa shape index (κ3) is 7.04. The van der Waals surface area contributed by atoms with E-state index in [1.807, 2.05) is 31.2 Å². The van der Waals surface area contributed by atoms with Gasteiger partial charge in [-0.1, -0.05) is 37.6 Å². The van der Waals surface area contributed by atoms with Gasteiger partial charge >= 0.3 is 12.2 Å². The molecule has 1 saturated heterocycles. The molecule has 5 atom stereocenters. The second-order valence-electron chi connectivity index (χ2n) is 12.2. The normalized spacial score (nSPS) is 24.1. The molecule has 0 bridgehead atoms. The van der Waals surface area contributed by atoms with Crippen LogP contribution in [0.15, 0.2) is 24.3 Å². The summed E-state index contributed by atoms with van der Waals surface area (Å²) in [5, 5.41) is 26.4. The molecule has 2 aliphatic heterocycles. The number of hydrogen-bond donors (Lipinski definition) is 4. The number of benzene rings is 1. The fourth-order valence-electron chi connectivity index (χ4n) is 5.69. The highest BCUT2D eigenvalue weighted by atomic mass is 16.6. The Hall–Kier alpha value is -3.34. The van der Waals surface area contributed by atoms with Crippen LogP contribution in [0.5, 0.6) is 0 Å². The first-order chi connectivity index (χ1) is 18.9. The number of fused-ring (bicyclic) bond motifs is 1. The number of nitrogens with one attached hydrogen (secondary N) is 2. The Kier molecular flexibility index (Phi) is 8.92. The smallest absolute Gasteiger partial charge is 0.410 e. The van der Waals surface area contributed by atoms with Crippen LogP contribution in [-0.2, 0) is 27.3 Å². The lowest BCUT2D eigenvalue weighted by molar-refractivity contribution is -0.133. The Morgan fingerprint density at radius 3 is 2.38 bits per heavy atom. The zero-order chi connectivity index (χ0) is 29.2. The van der Waals surface area contributed by atoms with Crippen molar-refractivity contribution in [2.45, 2.75) is 109 Å². The number of ether oxygens (including phenoxy) is 1. The first-order valence-electron chi connectivity index (χ1n) is 14.2. The average molecular weight is 559 g/mol. The molecule has 1 saturated carbocycles. The van der Waals surface area contributed by atoms with Crippen molar-refractivity contribution >= 4 is 24.0 Å². The van der Waals surface area contributed by atoms with E-state index in [0.29, 0.717) is 19.3 Å². The van der Waals surface area contributed by atoms with Gasteiger partial charge in [0.15, 0.2) is 6.10 Å². The Morgan fingerprint density at radius 1 is 1.10 bits per heavy atom. The van der Waals surface area contributed by atoms with E-state index in [9.17, 15) is 29.4 Å². The van der Waals surface area contributed by atoms with Gasteiger partial charge in [-0.25, -0.2) is 9.59 Å². The number of carboxylic acid groups (broad SMARTS) is 1. The van der Waals surface area contributed by atoms with E-state index in [1.54, 1.807) is 20.8 Å². The van der Waals surface area contributed by atoms with E-state index < -0.39 is 53.8 Å². The molecule has 4 amide bonds. The quantitative estimate of drug-likeness (QED) is 0.383. The predicted octanol–water partition coefficient (Wildman–Crippen LogP) is 2.64. The molecule has 11 nitrogen and oxygen atoms in total. The summed E-state index contributed by atoms with van der Waals surface area (Å²) in [6.07, 6.45) is 0.307. The third-order valence-corrected chi connectivity index (χ3v) is 7.84. The molecule has 4 N–H and O–H groups in total. The predicted molar refractivity (Wildman–Crippen MR) is 146 cm³/mol. The second-order valence-corrected chi connectivity index (χ2v) is 12.2. The van der Waals surface area contributed by atoms with Crippen molar-refractivity contribution in [1.29, 1.82) is 0 Å². The molecule has 11 heteroatoms. The number of rotatable bonds is 8. The van der Waals surface area contributed by atoms with Crippen molar-refractivity contribution in [3.63, 3.8) is 0 Å². The highest BCUT2D eigenvalue weighted by molar-refractivity contribution is 5.88. The highest BCUT2D eigenvalue weighted by Gasteiger charge is 2.47. The fourth-order valence-corrected chi connectivity index (χ4v) is 5.69. The fraction of sp³-hybridized carbons (Fsp3) is 0.655. The molecule has 0 aromatic heterocycles. The summed E-state index contributed by atoms with van der Waals surface area (Å²) in [5.74, 6) is -1.34. The molecule has 3 aliphatic rings. The zero-order valence-corrected chi connectivity index (χ0v) is 23.8. The zero-order valence-electron chi connectivity index (χ0n) is 23.8. The molecule has 2 fully saturated rings. The van der Waals surface area contributed by atoms with Crippen LogP contribution in [0.2, 0.25) is 0 Å². The molecule has 220 valence electrons. The number of aliphatic hydroxyl groups excluding tert-OH is 1. The molecule has 4 rings (SSSR count). The minimum atomic E-state index is -1.42. The molecule has 1 aliphatic carbocycles. The lowest BCUT2D eigenvalue weighted by Crippen LogP contribution is -2.55. The Balaban J connectivity index is 1.56. The van der Waals surface area contributed by atoms with Crippen LogP contribution in [-0.4, -0.2) is 86.4 Å². The van der Waals surface area contributed by atoms with Crippen LogP contribution in [0.3, 0.4) is 0 Å². The van der Waals surface area contributed by atoms with Gasteiger partial charge < -0.3 is 30.5 Å².